The maximum atomic E-state index is 12.1. The molecule has 0 spiro atoms. The van der Waals surface area contributed by atoms with E-state index in [1.807, 2.05) is 24.3 Å². The summed E-state index contributed by atoms with van der Waals surface area (Å²) in [5, 5.41) is 19.8. The lowest BCUT2D eigenvalue weighted by Crippen LogP contribution is -2.49. The van der Waals surface area contributed by atoms with E-state index in [-0.39, 0.29) is 0 Å². The van der Waals surface area contributed by atoms with E-state index in [4.69, 9.17) is 10.2 Å². The lowest BCUT2D eigenvalue weighted by Gasteiger charge is -2.29. The normalized spacial score (nSPS) is 15.0. The van der Waals surface area contributed by atoms with Crippen LogP contribution in [0.15, 0.2) is 24.3 Å². The summed E-state index contributed by atoms with van der Waals surface area (Å²) in [6, 6.07) is 5.74. The number of carbonyl (C=O) groups is 3. The first-order valence-corrected chi connectivity index (χ1v) is 6.54. The second kappa shape index (κ2) is 6.25. The second-order valence-electron chi connectivity index (χ2n) is 4.88. The molecule has 0 aliphatic carbocycles. The van der Waals surface area contributed by atoms with Gasteiger partial charge in [-0.05, 0) is 17.5 Å². The van der Waals surface area contributed by atoms with Gasteiger partial charge in [-0.25, -0.2) is 9.59 Å². The molecule has 1 heterocycles. The Morgan fingerprint density at radius 3 is 2.48 bits per heavy atom. The van der Waals surface area contributed by atoms with Crippen LogP contribution in [0.3, 0.4) is 0 Å². The van der Waals surface area contributed by atoms with Crippen molar-refractivity contribution < 1.29 is 24.6 Å². The Balaban J connectivity index is 2.01. The molecule has 0 saturated heterocycles. The zero-order valence-corrected chi connectivity index (χ0v) is 11.3. The number of amides is 2. The van der Waals surface area contributed by atoms with Crippen molar-refractivity contribution in [2.24, 2.45) is 0 Å². The fourth-order valence-corrected chi connectivity index (χ4v) is 2.28. The molecule has 2 rings (SSSR count). The average molecular weight is 292 g/mol. The smallest absolute Gasteiger partial charge is 0.326 e. The number of carbonyl (C=O) groups excluding carboxylic acids is 1. The van der Waals surface area contributed by atoms with Crippen molar-refractivity contribution in [3.05, 3.63) is 35.4 Å². The largest absolute Gasteiger partial charge is 0.481 e. The standard InChI is InChI=1S/C14H16N2O5/c17-12(18)7-11(13(19)20)15-14(21)16-6-5-9-3-1-2-4-10(9)8-16/h1-4,11H,5-8H2,(H,15,21)(H,17,18)(H,19,20)/t11-/m1/s1. The fourth-order valence-electron chi connectivity index (χ4n) is 2.28. The van der Waals surface area contributed by atoms with Gasteiger partial charge in [0.2, 0.25) is 0 Å². The Hall–Kier alpha value is -2.57. The molecule has 7 heteroatoms. The summed E-state index contributed by atoms with van der Waals surface area (Å²) in [5.74, 6) is -2.63. The molecule has 1 aromatic rings. The van der Waals surface area contributed by atoms with E-state index in [9.17, 15) is 14.4 Å². The molecule has 21 heavy (non-hydrogen) atoms. The highest BCUT2D eigenvalue weighted by Crippen LogP contribution is 2.18. The Morgan fingerprint density at radius 2 is 1.86 bits per heavy atom. The predicted octanol–water partition coefficient (Wildman–Crippen LogP) is 0.682. The third kappa shape index (κ3) is 3.71. The number of hydrogen-bond acceptors (Lipinski definition) is 3. The Bertz CT molecular complexity index is 572. The maximum Gasteiger partial charge on any atom is 0.326 e. The van der Waals surface area contributed by atoms with E-state index >= 15 is 0 Å². The Labute approximate surface area is 121 Å². The molecule has 1 aliphatic rings. The van der Waals surface area contributed by atoms with Crippen LogP contribution in [0.1, 0.15) is 17.5 Å². The van der Waals surface area contributed by atoms with Gasteiger partial charge in [-0.3, -0.25) is 4.79 Å². The number of rotatable bonds is 4. The summed E-state index contributed by atoms with van der Waals surface area (Å²) in [7, 11) is 0. The van der Waals surface area contributed by atoms with E-state index in [2.05, 4.69) is 5.32 Å². The SMILES string of the molecule is O=C(O)C[C@@H](NC(=O)N1CCc2ccccc2C1)C(=O)O. The quantitative estimate of drug-likeness (QED) is 0.756. The van der Waals surface area contributed by atoms with Gasteiger partial charge in [0.25, 0.3) is 0 Å². The third-order valence-electron chi connectivity index (χ3n) is 3.39. The molecule has 7 nitrogen and oxygen atoms in total. The molecule has 3 N–H and O–H groups in total. The zero-order chi connectivity index (χ0) is 15.4. The van der Waals surface area contributed by atoms with E-state index in [0.29, 0.717) is 19.5 Å². The summed E-state index contributed by atoms with van der Waals surface area (Å²) in [4.78, 5) is 35.1. The van der Waals surface area contributed by atoms with Crippen molar-refractivity contribution in [1.29, 1.82) is 0 Å². The molecule has 1 atom stereocenters. The summed E-state index contributed by atoms with van der Waals surface area (Å²) in [6.07, 6.45) is 0.0474. The minimum absolute atomic E-state index is 0.390. The Morgan fingerprint density at radius 1 is 1.19 bits per heavy atom. The summed E-state index contributed by atoms with van der Waals surface area (Å²) in [6.45, 7) is 0.865. The highest BCUT2D eigenvalue weighted by Gasteiger charge is 2.27. The molecule has 0 fully saturated rings. The first-order chi connectivity index (χ1) is 9.97. The van der Waals surface area contributed by atoms with E-state index < -0.39 is 30.4 Å². The van der Waals surface area contributed by atoms with Gasteiger partial charge >= 0.3 is 18.0 Å². The summed E-state index contributed by atoms with van der Waals surface area (Å²) in [5.41, 5.74) is 2.19. The van der Waals surface area contributed by atoms with Gasteiger partial charge < -0.3 is 20.4 Å². The van der Waals surface area contributed by atoms with Gasteiger partial charge in [0.1, 0.15) is 6.04 Å². The number of carboxylic acids is 2. The summed E-state index contributed by atoms with van der Waals surface area (Å²) < 4.78 is 0. The number of fused-ring (bicyclic) bond motifs is 1. The molecule has 0 unspecified atom stereocenters. The van der Waals surface area contributed by atoms with Crippen LogP contribution in [0, 0.1) is 0 Å². The molecular formula is C14H16N2O5. The number of benzene rings is 1. The van der Waals surface area contributed by atoms with Crippen LogP contribution >= 0.6 is 0 Å². The van der Waals surface area contributed by atoms with Gasteiger partial charge in [0.05, 0.1) is 6.42 Å². The summed E-state index contributed by atoms with van der Waals surface area (Å²) >= 11 is 0. The van der Waals surface area contributed by atoms with E-state index in [1.54, 1.807) is 0 Å². The van der Waals surface area contributed by atoms with E-state index in [0.717, 1.165) is 5.56 Å². The van der Waals surface area contributed by atoms with Crippen LogP contribution in [0.25, 0.3) is 0 Å². The predicted molar refractivity (Wildman–Crippen MR) is 72.8 cm³/mol. The van der Waals surface area contributed by atoms with Gasteiger partial charge in [-0.2, -0.15) is 0 Å². The van der Waals surface area contributed by atoms with Gasteiger partial charge in [-0.15, -0.1) is 0 Å². The van der Waals surface area contributed by atoms with Crippen LogP contribution in [0.4, 0.5) is 4.79 Å². The fraction of sp³-hybridized carbons (Fsp3) is 0.357. The number of nitrogens with one attached hydrogen (secondary N) is 1. The minimum atomic E-state index is -1.42. The van der Waals surface area contributed by atoms with Crippen molar-refractivity contribution >= 4 is 18.0 Å². The monoisotopic (exact) mass is 292 g/mol. The Kier molecular flexibility index (Phi) is 4.42. The molecule has 1 aliphatic heterocycles. The topological polar surface area (TPSA) is 107 Å². The van der Waals surface area contributed by atoms with Gasteiger partial charge in [-0.1, -0.05) is 24.3 Å². The van der Waals surface area contributed by atoms with Crippen LogP contribution in [0.2, 0.25) is 0 Å². The molecule has 112 valence electrons. The van der Waals surface area contributed by atoms with Gasteiger partial charge in [0, 0.05) is 13.1 Å². The molecule has 1 aromatic carbocycles. The van der Waals surface area contributed by atoms with Crippen LogP contribution in [-0.2, 0) is 22.6 Å². The lowest BCUT2D eigenvalue weighted by molar-refractivity contribution is -0.145. The van der Waals surface area contributed by atoms with E-state index in [1.165, 1.54) is 10.5 Å². The number of nitrogens with zero attached hydrogens (tertiary/aromatic N) is 1. The second-order valence-corrected chi connectivity index (χ2v) is 4.88. The first kappa shape index (κ1) is 14.8. The van der Waals surface area contributed by atoms with Crippen LogP contribution in [-0.4, -0.2) is 45.7 Å². The van der Waals surface area contributed by atoms with Crippen molar-refractivity contribution in [3.8, 4) is 0 Å². The van der Waals surface area contributed by atoms with Gasteiger partial charge in [0.15, 0.2) is 0 Å². The molecule has 0 radical (unpaired) electrons. The third-order valence-corrected chi connectivity index (χ3v) is 3.39. The maximum absolute atomic E-state index is 12.1. The minimum Gasteiger partial charge on any atom is -0.481 e. The molecule has 2 amide bonds. The molecule has 0 bridgehead atoms. The number of aliphatic carboxylic acids is 2. The van der Waals surface area contributed by atoms with Crippen LogP contribution < -0.4 is 5.32 Å². The van der Waals surface area contributed by atoms with Crippen molar-refractivity contribution in [3.63, 3.8) is 0 Å². The number of urea groups is 1. The highest BCUT2D eigenvalue weighted by molar-refractivity contribution is 5.86. The number of carboxylic acid groups (broad SMARTS) is 2. The molecular weight excluding hydrogens is 276 g/mol. The van der Waals surface area contributed by atoms with Crippen molar-refractivity contribution in [2.45, 2.75) is 25.4 Å². The number of hydrogen-bond donors (Lipinski definition) is 3. The van der Waals surface area contributed by atoms with Crippen molar-refractivity contribution in [1.82, 2.24) is 10.2 Å². The molecule has 0 saturated carbocycles. The molecule has 0 aromatic heterocycles. The van der Waals surface area contributed by atoms with Crippen molar-refractivity contribution in [2.75, 3.05) is 6.54 Å². The lowest BCUT2D eigenvalue weighted by atomic mass is 10.0. The highest BCUT2D eigenvalue weighted by atomic mass is 16.4. The first-order valence-electron chi connectivity index (χ1n) is 6.54. The van der Waals surface area contributed by atoms with Crippen LogP contribution in [0.5, 0.6) is 0 Å². The zero-order valence-electron chi connectivity index (χ0n) is 11.3. The average Bonchev–Trinajstić information content (AvgIpc) is 2.45.